The van der Waals surface area contributed by atoms with Crippen LogP contribution in [0.15, 0.2) is 17.5 Å². The molecular weight excluding hydrogens is 296 g/mol. The minimum atomic E-state index is 0.188. The van der Waals surface area contributed by atoms with Crippen LogP contribution >= 0.6 is 11.3 Å². The van der Waals surface area contributed by atoms with E-state index in [0.29, 0.717) is 30.8 Å². The van der Waals surface area contributed by atoms with Gasteiger partial charge in [0.25, 0.3) is 0 Å². The number of rotatable bonds is 3. The Morgan fingerprint density at radius 1 is 1.05 bits per heavy atom. The van der Waals surface area contributed by atoms with Gasteiger partial charge < -0.3 is 9.80 Å². The zero-order valence-corrected chi connectivity index (χ0v) is 13.6. The smallest absolute Gasteiger partial charge is 0.226 e. The lowest BCUT2D eigenvalue weighted by Gasteiger charge is -2.38. The van der Waals surface area contributed by atoms with E-state index in [1.807, 2.05) is 9.80 Å². The Bertz CT molecular complexity index is 559. The number of piperazine rings is 1. The molecule has 118 valence electrons. The molecule has 1 aliphatic heterocycles. The van der Waals surface area contributed by atoms with Gasteiger partial charge in [0, 0.05) is 48.8 Å². The van der Waals surface area contributed by atoms with E-state index in [2.05, 4.69) is 17.5 Å². The van der Waals surface area contributed by atoms with Crippen molar-refractivity contribution in [1.82, 2.24) is 9.80 Å². The lowest BCUT2D eigenvalue weighted by molar-refractivity contribution is -0.144. The Kier molecular flexibility index (Phi) is 3.68. The van der Waals surface area contributed by atoms with Crippen molar-refractivity contribution in [3.8, 4) is 0 Å². The fourth-order valence-corrected chi connectivity index (χ4v) is 4.49. The second-order valence-electron chi connectivity index (χ2n) is 6.74. The largest absolute Gasteiger partial charge is 0.339 e. The number of hydrogen-bond donors (Lipinski definition) is 0. The van der Waals surface area contributed by atoms with Crippen molar-refractivity contribution < 1.29 is 9.59 Å². The average Bonchev–Trinajstić information content (AvgIpc) is 3.10. The molecule has 2 aliphatic carbocycles. The van der Waals surface area contributed by atoms with Gasteiger partial charge in [-0.3, -0.25) is 9.59 Å². The monoisotopic (exact) mass is 318 g/mol. The third-order valence-electron chi connectivity index (χ3n) is 5.37. The summed E-state index contributed by atoms with van der Waals surface area (Å²) in [5.74, 6) is 1.53. The van der Waals surface area contributed by atoms with Crippen LogP contribution in [0.1, 0.15) is 36.5 Å². The highest BCUT2D eigenvalue weighted by Gasteiger charge is 2.46. The average molecular weight is 318 g/mol. The summed E-state index contributed by atoms with van der Waals surface area (Å²) >= 11 is 1.75. The molecule has 22 heavy (non-hydrogen) atoms. The molecule has 2 unspecified atom stereocenters. The van der Waals surface area contributed by atoms with Crippen molar-refractivity contribution in [2.45, 2.75) is 31.6 Å². The number of amides is 2. The molecule has 0 aromatic carbocycles. The van der Waals surface area contributed by atoms with Crippen LogP contribution in [0, 0.1) is 11.8 Å². The van der Waals surface area contributed by atoms with Gasteiger partial charge in [0.15, 0.2) is 0 Å². The maximum atomic E-state index is 12.6. The van der Waals surface area contributed by atoms with Crippen LogP contribution in [0.2, 0.25) is 0 Å². The van der Waals surface area contributed by atoms with Gasteiger partial charge in [-0.1, -0.05) is 12.5 Å². The highest BCUT2D eigenvalue weighted by atomic mass is 32.1. The van der Waals surface area contributed by atoms with Crippen molar-refractivity contribution in [1.29, 1.82) is 0 Å². The van der Waals surface area contributed by atoms with Gasteiger partial charge in [-0.2, -0.15) is 0 Å². The van der Waals surface area contributed by atoms with Crippen molar-refractivity contribution in [2.75, 3.05) is 26.2 Å². The van der Waals surface area contributed by atoms with Crippen LogP contribution in [0.4, 0.5) is 0 Å². The second kappa shape index (κ2) is 5.69. The molecule has 2 atom stereocenters. The summed E-state index contributed by atoms with van der Waals surface area (Å²) in [6.07, 6.45) is 4.31. The van der Waals surface area contributed by atoms with Crippen molar-refractivity contribution in [2.24, 2.45) is 11.8 Å². The number of carbonyl (C=O) groups excluding carboxylic acids is 2. The Morgan fingerprint density at radius 3 is 2.27 bits per heavy atom. The van der Waals surface area contributed by atoms with E-state index in [4.69, 9.17) is 0 Å². The molecule has 5 heteroatoms. The van der Waals surface area contributed by atoms with E-state index in [1.165, 1.54) is 11.3 Å². The summed E-state index contributed by atoms with van der Waals surface area (Å²) in [4.78, 5) is 30.1. The Labute approximate surface area is 135 Å². The Hall–Kier alpha value is -1.36. The molecule has 4 rings (SSSR count). The topological polar surface area (TPSA) is 40.6 Å². The minimum absolute atomic E-state index is 0.188. The standard InChI is InChI=1S/C17H22N2O2S/c20-16(12-3-1-4-12)18-6-8-19(9-7-18)17(21)14-11-13(14)15-5-2-10-22-15/h2,5,10,12-14H,1,3-4,6-9,11H2. The highest BCUT2D eigenvalue weighted by molar-refractivity contribution is 7.10. The van der Waals surface area contributed by atoms with Gasteiger partial charge in [0.2, 0.25) is 11.8 Å². The van der Waals surface area contributed by atoms with Crippen LogP contribution < -0.4 is 0 Å². The summed E-state index contributed by atoms with van der Waals surface area (Å²) in [5, 5.41) is 2.08. The summed E-state index contributed by atoms with van der Waals surface area (Å²) < 4.78 is 0. The van der Waals surface area contributed by atoms with Crippen LogP contribution in [0.3, 0.4) is 0 Å². The van der Waals surface area contributed by atoms with Crippen LogP contribution in [0.25, 0.3) is 0 Å². The van der Waals surface area contributed by atoms with Gasteiger partial charge in [-0.05, 0) is 30.7 Å². The maximum absolute atomic E-state index is 12.6. The van der Waals surface area contributed by atoms with E-state index >= 15 is 0 Å². The molecule has 2 heterocycles. The van der Waals surface area contributed by atoms with Crippen LogP contribution in [-0.4, -0.2) is 47.8 Å². The lowest BCUT2D eigenvalue weighted by Crippen LogP contribution is -2.53. The predicted molar refractivity (Wildman–Crippen MR) is 85.7 cm³/mol. The van der Waals surface area contributed by atoms with Gasteiger partial charge in [-0.25, -0.2) is 0 Å². The number of nitrogens with zero attached hydrogens (tertiary/aromatic N) is 2. The molecule has 0 N–H and O–H groups in total. The van der Waals surface area contributed by atoms with Gasteiger partial charge in [0.05, 0.1) is 0 Å². The Morgan fingerprint density at radius 2 is 1.73 bits per heavy atom. The van der Waals surface area contributed by atoms with Gasteiger partial charge in [-0.15, -0.1) is 11.3 Å². The predicted octanol–water partition coefficient (Wildman–Crippen LogP) is 2.32. The third kappa shape index (κ3) is 2.56. The van der Waals surface area contributed by atoms with Crippen LogP contribution in [0.5, 0.6) is 0 Å². The molecule has 3 aliphatic rings. The molecule has 1 aromatic heterocycles. The SMILES string of the molecule is O=C(C1CCC1)N1CCN(C(=O)C2CC2c2cccs2)CC1. The lowest BCUT2D eigenvalue weighted by atomic mass is 9.84. The van der Waals surface area contributed by atoms with E-state index in [-0.39, 0.29) is 11.8 Å². The third-order valence-corrected chi connectivity index (χ3v) is 6.38. The molecule has 0 bridgehead atoms. The summed E-state index contributed by atoms with van der Waals surface area (Å²) in [5.41, 5.74) is 0. The fraction of sp³-hybridized carbons (Fsp3) is 0.647. The van der Waals surface area contributed by atoms with Crippen molar-refractivity contribution in [3.05, 3.63) is 22.4 Å². The first kappa shape index (κ1) is 14.2. The number of thiophene rings is 1. The molecule has 4 nitrogen and oxygen atoms in total. The van der Waals surface area contributed by atoms with Gasteiger partial charge in [0.1, 0.15) is 0 Å². The first-order chi connectivity index (χ1) is 10.7. The Balaban J connectivity index is 1.29. The normalized spacial score (nSPS) is 28.4. The number of carbonyl (C=O) groups is 2. The van der Waals surface area contributed by atoms with E-state index in [1.54, 1.807) is 11.3 Å². The first-order valence-electron chi connectivity index (χ1n) is 8.35. The summed E-state index contributed by atoms with van der Waals surface area (Å²) in [6, 6.07) is 4.20. The summed E-state index contributed by atoms with van der Waals surface area (Å²) in [7, 11) is 0. The molecule has 1 saturated heterocycles. The molecule has 2 amide bonds. The maximum Gasteiger partial charge on any atom is 0.226 e. The molecule has 2 saturated carbocycles. The zero-order valence-electron chi connectivity index (χ0n) is 12.7. The van der Waals surface area contributed by atoms with E-state index < -0.39 is 0 Å². The highest BCUT2D eigenvalue weighted by Crippen LogP contribution is 2.50. The second-order valence-corrected chi connectivity index (χ2v) is 7.72. The fourth-order valence-electron chi connectivity index (χ4n) is 3.58. The van der Waals surface area contributed by atoms with Crippen molar-refractivity contribution >= 4 is 23.2 Å². The quantitative estimate of drug-likeness (QED) is 0.858. The first-order valence-corrected chi connectivity index (χ1v) is 9.23. The van der Waals surface area contributed by atoms with Crippen molar-refractivity contribution in [3.63, 3.8) is 0 Å². The number of hydrogen-bond acceptors (Lipinski definition) is 3. The summed E-state index contributed by atoms with van der Waals surface area (Å²) in [6.45, 7) is 2.87. The zero-order chi connectivity index (χ0) is 15.1. The minimum Gasteiger partial charge on any atom is -0.339 e. The molecule has 0 radical (unpaired) electrons. The molecular formula is C17H22N2O2S. The molecule has 3 fully saturated rings. The van der Waals surface area contributed by atoms with Gasteiger partial charge >= 0.3 is 0 Å². The van der Waals surface area contributed by atoms with E-state index in [0.717, 1.165) is 32.4 Å². The van der Waals surface area contributed by atoms with Crippen LogP contribution in [-0.2, 0) is 9.59 Å². The van der Waals surface area contributed by atoms with E-state index in [9.17, 15) is 9.59 Å². The molecule has 1 aromatic rings. The molecule has 0 spiro atoms.